The lowest BCUT2D eigenvalue weighted by Gasteiger charge is -2.32. The molecule has 5 nitrogen and oxygen atoms in total. The highest BCUT2D eigenvalue weighted by Gasteiger charge is 2.23. The Bertz CT molecular complexity index is 727. The van der Waals surface area contributed by atoms with E-state index in [1.54, 1.807) is 7.11 Å². The number of methoxy groups -OCH3 is 1. The molecule has 0 aliphatic carbocycles. The summed E-state index contributed by atoms with van der Waals surface area (Å²) >= 11 is 0. The highest BCUT2D eigenvalue weighted by atomic mass is 35.5. The Morgan fingerprint density at radius 2 is 1.96 bits per heavy atom. The molecule has 1 heterocycles. The van der Waals surface area contributed by atoms with Gasteiger partial charge < -0.3 is 20.3 Å². The van der Waals surface area contributed by atoms with E-state index in [1.165, 1.54) is 0 Å². The summed E-state index contributed by atoms with van der Waals surface area (Å²) in [6.07, 6.45) is 0. The van der Waals surface area contributed by atoms with Crippen LogP contribution in [0.4, 0.5) is 11.4 Å². The van der Waals surface area contributed by atoms with Crippen molar-refractivity contribution in [1.29, 1.82) is 0 Å². The van der Waals surface area contributed by atoms with Crippen molar-refractivity contribution >= 4 is 42.1 Å². The minimum atomic E-state index is 0. The molecule has 3 rings (SSSR count). The van der Waals surface area contributed by atoms with E-state index in [0.717, 1.165) is 36.8 Å². The van der Waals surface area contributed by atoms with E-state index in [4.69, 9.17) is 4.74 Å². The molecule has 1 aliphatic rings. The van der Waals surface area contributed by atoms with Gasteiger partial charge in [0.25, 0.3) is 5.91 Å². The van der Waals surface area contributed by atoms with Crippen LogP contribution < -0.4 is 15.4 Å². The third-order valence-electron chi connectivity index (χ3n) is 4.16. The van der Waals surface area contributed by atoms with Crippen molar-refractivity contribution in [2.24, 2.45) is 0 Å². The standard InChI is InChI=1S/C19H23N3O2.2ClH/c1-14-13-22(11-10-20-14)19(23)17-8-3-4-9-18(17)21-15-6-5-7-16(12-15)24-2;;/h3-9,12,14,20-21H,10-11,13H2,1-2H3;2*1H. The molecule has 1 atom stereocenters. The monoisotopic (exact) mass is 397 g/mol. The van der Waals surface area contributed by atoms with Crippen molar-refractivity contribution in [1.82, 2.24) is 10.2 Å². The number of carbonyl (C=O) groups is 1. The molecule has 0 bridgehead atoms. The molecule has 1 unspecified atom stereocenters. The molecule has 2 N–H and O–H groups in total. The van der Waals surface area contributed by atoms with E-state index in [-0.39, 0.29) is 30.7 Å². The van der Waals surface area contributed by atoms with Crippen LogP contribution in [0.15, 0.2) is 48.5 Å². The second-order valence-electron chi connectivity index (χ2n) is 6.01. The van der Waals surface area contributed by atoms with E-state index >= 15 is 0 Å². The highest BCUT2D eigenvalue weighted by Crippen LogP contribution is 2.25. The fourth-order valence-electron chi connectivity index (χ4n) is 2.92. The molecular weight excluding hydrogens is 373 g/mol. The van der Waals surface area contributed by atoms with Crippen molar-refractivity contribution < 1.29 is 9.53 Å². The average Bonchev–Trinajstić information content (AvgIpc) is 2.62. The summed E-state index contributed by atoms with van der Waals surface area (Å²) in [5.74, 6) is 0.842. The summed E-state index contributed by atoms with van der Waals surface area (Å²) in [6.45, 7) is 4.39. The number of hydrogen-bond acceptors (Lipinski definition) is 4. The van der Waals surface area contributed by atoms with E-state index in [0.29, 0.717) is 11.6 Å². The van der Waals surface area contributed by atoms with Crippen LogP contribution in [0.2, 0.25) is 0 Å². The summed E-state index contributed by atoms with van der Waals surface area (Å²) in [5.41, 5.74) is 2.39. The normalized spacial score (nSPS) is 16.1. The zero-order valence-electron chi connectivity index (χ0n) is 14.9. The topological polar surface area (TPSA) is 53.6 Å². The number of anilines is 2. The molecule has 1 fully saturated rings. The number of amides is 1. The molecule has 0 spiro atoms. The molecule has 1 amide bonds. The van der Waals surface area contributed by atoms with Gasteiger partial charge in [-0.25, -0.2) is 0 Å². The number of ether oxygens (including phenoxy) is 1. The van der Waals surface area contributed by atoms with Gasteiger partial charge in [-0.1, -0.05) is 18.2 Å². The van der Waals surface area contributed by atoms with Crippen LogP contribution in [0.3, 0.4) is 0 Å². The molecule has 142 valence electrons. The summed E-state index contributed by atoms with van der Waals surface area (Å²) in [4.78, 5) is 14.8. The lowest BCUT2D eigenvalue weighted by molar-refractivity contribution is 0.0710. The molecule has 1 aliphatic heterocycles. The lowest BCUT2D eigenvalue weighted by Crippen LogP contribution is -2.51. The minimum absolute atomic E-state index is 0. The van der Waals surface area contributed by atoms with Crippen LogP contribution in [0.5, 0.6) is 5.75 Å². The van der Waals surface area contributed by atoms with Crippen LogP contribution in [0, 0.1) is 0 Å². The van der Waals surface area contributed by atoms with Gasteiger partial charge in [0.05, 0.1) is 18.4 Å². The zero-order chi connectivity index (χ0) is 16.9. The van der Waals surface area contributed by atoms with Crippen molar-refractivity contribution in [3.63, 3.8) is 0 Å². The number of hydrogen-bond donors (Lipinski definition) is 2. The molecular formula is C19H25Cl2N3O2. The van der Waals surface area contributed by atoms with E-state index in [1.807, 2.05) is 53.4 Å². The molecule has 0 saturated carbocycles. The maximum atomic E-state index is 12.9. The molecule has 0 radical (unpaired) electrons. The second-order valence-corrected chi connectivity index (χ2v) is 6.01. The van der Waals surface area contributed by atoms with E-state index in [2.05, 4.69) is 17.6 Å². The van der Waals surface area contributed by atoms with Crippen molar-refractivity contribution in [3.05, 3.63) is 54.1 Å². The van der Waals surface area contributed by atoms with Crippen molar-refractivity contribution in [2.75, 3.05) is 32.1 Å². The van der Waals surface area contributed by atoms with Gasteiger partial charge in [0.15, 0.2) is 0 Å². The number of nitrogens with one attached hydrogen (secondary N) is 2. The summed E-state index contributed by atoms with van der Waals surface area (Å²) in [7, 11) is 1.64. The Balaban J connectivity index is 0.00000169. The first-order chi connectivity index (χ1) is 11.7. The Kier molecular flexibility index (Phi) is 8.72. The Labute approximate surface area is 166 Å². The highest BCUT2D eigenvalue weighted by molar-refractivity contribution is 6.00. The minimum Gasteiger partial charge on any atom is -0.497 e. The zero-order valence-corrected chi connectivity index (χ0v) is 16.5. The van der Waals surface area contributed by atoms with Gasteiger partial charge in [0.1, 0.15) is 5.75 Å². The smallest absolute Gasteiger partial charge is 0.256 e. The van der Waals surface area contributed by atoms with Crippen LogP contribution in [-0.4, -0.2) is 43.6 Å². The van der Waals surface area contributed by atoms with Crippen molar-refractivity contribution in [3.8, 4) is 5.75 Å². The van der Waals surface area contributed by atoms with Gasteiger partial charge in [0, 0.05) is 37.4 Å². The van der Waals surface area contributed by atoms with Crippen LogP contribution in [0.25, 0.3) is 0 Å². The predicted molar refractivity (Wildman–Crippen MR) is 111 cm³/mol. The largest absolute Gasteiger partial charge is 0.497 e. The quantitative estimate of drug-likeness (QED) is 0.825. The summed E-state index contributed by atoms with van der Waals surface area (Å²) < 4.78 is 5.26. The van der Waals surface area contributed by atoms with Gasteiger partial charge in [-0.15, -0.1) is 24.8 Å². The first kappa shape index (κ1) is 22.1. The fraction of sp³-hybridized carbons (Fsp3) is 0.316. The fourth-order valence-corrected chi connectivity index (χ4v) is 2.92. The maximum absolute atomic E-state index is 12.9. The molecule has 26 heavy (non-hydrogen) atoms. The van der Waals surface area contributed by atoms with Gasteiger partial charge in [-0.3, -0.25) is 4.79 Å². The van der Waals surface area contributed by atoms with Crippen LogP contribution in [-0.2, 0) is 0 Å². The second kappa shape index (κ2) is 10.3. The van der Waals surface area contributed by atoms with Crippen LogP contribution in [0.1, 0.15) is 17.3 Å². The summed E-state index contributed by atoms with van der Waals surface area (Å²) in [6, 6.07) is 15.6. The van der Waals surface area contributed by atoms with E-state index < -0.39 is 0 Å². The molecule has 0 aromatic heterocycles. The third kappa shape index (κ3) is 5.27. The number of nitrogens with zero attached hydrogens (tertiary/aromatic N) is 1. The average molecular weight is 398 g/mol. The van der Waals surface area contributed by atoms with Crippen LogP contribution >= 0.6 is 24.8 Å². The maximum Gasteiger partial charge on any atom is 0.256 e. The lowest BCUT2D eigenvalue weighted by atomic mass is 10.1. The van der Waals surface area contributed by atoms with Gasteiger partial charge >= 0.3 is 0 Å². The van der Waals surface area contributed by atoms with Gasteiger partial charge in [-0.2, -0.15) is 0 Å². The molecule has 7 heteroatoms. The third-order valence-corrected chi connectivity index (χ3v) is 4.16. The van der Waals surface area contributed by atoms with Gasteiger partial charge in [-0.05, 0) is 31.2 Å². The predicted octanol–water partition coefficient (Wildman–Crippen LogP) is 3.72. The van der Waals surface area contributed by atoms with E-state index in [9.17, 15) is 4.79 Å². The Morgan fingerprint density at radius 1 is 1.19 bits per heavy atom. The molecule has 2 aromatic rings. The number of piperazine rings is 1. The molecule has 1 saturated heterocycles. The SMILES string of the molecule is COc1cccc(Nc2ccccc2C(=O)N2CCNC(C)C2)c1.Cl.Cl. The number of halogens is 2. The summed E-state index contributed by atoms with van der Waals surface area (Å²) in [5, 5.41) is 6.70. The van der Waals surface area contributed by atoms with Gasteiger partial charge in [0.2, 0.25) is 0 Å². The first-order valence-corrected chi connectivity index (χ1v) is 8.20. The first-order valence-electron chi connectivity index (χ1n) is 8.20. The number of rotatable bonds is 4. The van der Waals surface area contributed by atoms with Crippen molar-refractivity contribution in [2.45, 2.75) is 13.0 Å². The Hall–Kier alpha value is -1.95. The number of benzene rings is 2. The molecule has 2 aromatic carbocycles. The number of carbonyl (C=O) groups excluding carboxylic acids is 1. The Morgan fingerprint density at radius 3 is 2.69 bits per heavy atom. The number of para-hydroxylation sites is 1.